The van der Waals surface area contributed by atoms with Gasteiger partial charge in [0.25, 0.3) is 5.91 Å². The Morgan fingerprint density at radius 3 is 2.34 bits per heavy atom. The maximum atomic E-state index is 12.9. The van der Waals surface area contributed by atoms with Gasteiger partial charge >= 0.3 is 5.97 Å². The predicted octanol–water partition coefficient (Wildman–Crippen LogP) is 5.01. The molecule has 0 aliphatic rings. The van der Waals surface area contributed by atoms with Crippen molar-refractivity contribution in [1.82, 2.24) is 5.32 Å². The standard InChI is InChI=1S/C24H20BrClN2O4/c1-15(29)27-21(13-16-5-3-2-4-6-16)24(31)32-22-12-9-18(26)14-20(22)23(30)28-19-10-7-17(25)8-11-19/h2-12,14,21H,13H2,1H3,(H,27,29)(H,28,30)/t21-/m0/s1. The lowest BCUT2D eigenvalue weighted by atomic mass is 10.1. The van der Waals surface area contributed by atoms with E-state index in [0.29, 0.717) is 10.7 Å². The van der Waals surface area contributed by atoms with Gasteiger partial charge in [0, 0.05) is 28.5 Å². The average molecular weight is 516 g/mol. The van der Waals surface area contributed by atoms with Crippen LogP contribution in [0.5, 0.6) is 5.75 Å². The number of halogens is 2. The van der Waals surface area contributed by atoms with Gasteiger partial charge in [0.15, 0.2) is 0 Å². The molecule has 32 heavy (non-hydrogen) atoms. The number of nitrogens with one attached hydrogen (secondary N) is 2. The minimum Gasteiger partial charge on any atom is -0.424 e. The molecule has 0 saturated carbocycles. The Morgan fingerprint density at radius 2 is 1.69 bits per heavy atom. The van der Waals surface area contributed by atoms with E-state index in [-0.39, 0.29) is 23.6 Å². The average Bonchev–Trinajstić information content (AvgIpc) is 2.76. The third-order valence-electron chi connectivity index (χ3n) is 4.44. The van der Waals surface area contributed by atoms with Gasteiger partial charge in [-0.2, -0.15) is 0 Å². The van der Waals surface area contributed by atoms with Crippen molar-refractivity contribution in [3.05, 3.63) is 93.4 Å². The van der Waals surface area contributed by atoms with Crippen LogP contribution in [-0.2, 0) is 16.0 Å². The molecule has 0 aliphatic heterocycles. The van der Waals surface area contributed by atoms with Crippen molar-refractivity contribution in [3.63, 3.8) is 0 Å². The van der Waals surface area contributed by atoms with Crippen molar-refractivity contribution in [2.45, 2.75) is 19.4 Å². The highest BCUT2D eigenvalue weighted by Crippen LogP contribution is 2.25. The van der Waals surface area contributed by atoms with Gasteiger partial charge in [0.1, 0.15) is 11.8 Å². The van der Waals surface area contributed by atoms with E-state index in [0.717, 1.165) is 10.0 Å². The molecule has 3 aromatic carbocycles. The van der Waals surface area contributed by atoms with E-state index in [9.17, 15) is 14.4 Å². The van der Waals surface area contributed by atoms with Crippen molar-refractivity contribution in [1.29, 1.82) is 0 Å². The summed E-state index contributed by atoms with van der Waals surface area (Å²) in [7, 11) is 0. The molecule has 2 amide bonds. The van der Waals surface area contributed by atoms with E-state index in [2.05, 4.69) is 26.6 Å². The Labute approximate surface area is 199 Å². The van der Waals surface area contributed by atoms with Crippen molar-refractivity contribution in [3.8, 4) is 5.75 Å². The molecule has 0 fully saturated rings. The number of ether oxygens (including phenoxy) is 1. The van der Waals surface area contributed by atoms with Crippen LogP contribution >= 0.6 is 27.5 Å². The monoisotopic (exact) mass is 514 g/mol. The number of rotatable bonds is 7. The summed E-state index contributed by atoms with van der Waals surface area (Å²) < 4.78 is 6.40. The fourth-order valence-corrected chi connectivity index (χ4v) is 3.40. The number of hydrogen-bond acceptors (Lipinski definition) is 4. The summed E-state index contributed by atoms with van der Waals surface area (Å²) in [6.07, 6.45) is 0.243. The smallest absolute Gasteiger partial charge is 0.334 e. The third kappa shape index (κ3) is 6.67. The second kappa shape index (κ2) is 10.9. The van der Waals surface area contributed by atoms with Gasteiger partial charge in [0.2, 0.25) is 5.91 Å². The van der Waals surface area contributed by atoms with Crippen LogP contribution in [0.1, 0.15) is 22.8 Å². The Bertz CT molecular complexity index is 1120. The summed E-state index contributed by atoms with van der Waals surface area (Å²) >= 11 is 9.42. The number of amides is 2. The molecule has 8 heteroatoms. The summed E-state index contributed by atoms with van der Waals surface area (Å²) in [5.74, 6) is -1.51. The summed E-state index contributed by atoms with van der Waals surface area (Å²) in [6.45, 7) is 1.32. The van der Waals surface area contributed by atoms with Gasteiger partial charge in [-0.3, -0.25) is 9.59 Å². The first-order valence-electron chi connectivity index (χ1n) is 9.71. The van der Waals surface area contributed by atoms with E-state index in [1.807, 2.05) is 30.3 Å². The minimum absolute atomic E-state index is 0.0393. The topological polar surface area (TPSA) is 84.5 Å². The van der Waals surface area contributed by atoms with Crippen LogP contribution in [0.3, 0.4) is 0 Å². The second-order valence-corrected chi connectivity index (χ2v) is 8.32. The molecule has 6 nitrogen and oxygen atoms in total. The lowest BCUT2D eigenvalue weighted by Crippen LogP contribution is -2.43. The van der Waals surface area contributed by atoms with Crippen molar-refractivity contribution >= 4 is 51.0 Å². The quantitative estimate of drug-likeness (QED) is 0.342. The zero-order valence-corrected chi connectivity index (χ0v) is 19.4. The number of carbonyl (C=O) groups is 3. The Kier molecular flexibility index (Phi) is 8.03. The van der Waals surface area contributed by atoms with Crippen molar-refractivity contribution in [2.75, 3.05) is 5.32 Å². The van der Waals surface area contributed by atoms with Crippen molar-refractivity contribution < 1.29 is 19.1 Å². The molecule has 1 atom stereocenters. The normalized spacial score (nSPS) is 11.3. The van der Waals surface area contributed by atoms with Gasteiger partial charge in [-0.25, -0.2) is 4.79 Å². The molecule has 0 spiro atoms. The largest absolute Gasteiger partial charge is 0.424 e. The molecular weight excluding hydrogens is 496 g/mol. The Hall–Kier alpha value is -3.16. The van der Waals surface area contributed by atoms with Crippen LogP contribution in [0.4, 0.5) is 5.69 Å². The molecule has 3 aromatic rings. The molecule has 0 saturated heterocycles. The summed E-state index contributed by atoms with van der Waals surface area (Å²) in [5, 5.41) is 5.67. The fraction of sp³-hybridized carbons (Fsp3) is 0.125. The van der Waals surface area contributed by atoms with E-state index in [4.69, 9.17) is 16.3 Å². The van der Waals surface area contributed by atoms with Crippen LogP contribution in [-0.4, -0.2) is 23.8 Å². The van der Waals surface area contributed by atoms with Gasteiger partial charge in [-0.15, -0.1) is 0 Å². The van der Waals surface area contributed by atoms with E-state index >= 15 is 0 Å². The molecule has 0 radical (unpaired) electrons. The minimum atomic E-state index is -0.923. The van der Waals surface area contributed by atoms with Gasteiger partial charge in [-0.1, -0.05) is 57.9 Å². The molecule has 0 heterocycles. The molecule has 0 aromatic heterocycles. The van der Waals surface area contributed by atoms with E-state index < -0.39 is 17.9 Å². The highest BCUT2D eigenvalue weighted by Gasteiger charge is 2.24. The highest BCUT2D eigenvalue weighted by molar-refractivity contribution is 9.10. The first-order valence-corrected chi connectivity index (χ1v) is 10.9. The lowest BCUT2D eigenvalue weighted by molar-refractivity contribution is -0.139. The number of hydrogen-bond donors (Lipinski definition) is 2. The van der Waals surface area contributed by atoms with Gasteiger partial charge in [0.05, 0.1) is 5.56 Å². The molecule has 2 N–H and O–H groups in total. The molecule has 0 unspecified atom stereocenters. The van der Waals surface area contributed by atoms with Gasteiger partial charge < -0.3 is 15.4 Å². The molecule has 3 rings (SSSR count). The molecule has 0 aliphatic carbocycles. The lowest BCUT2D eigenvalue weighted by Gasteiger charge is -2.18. The predicted molar refractivity (Wildman–Crippen MR) is 127 cm³/mol. The number of anilines is 1. The van der Waals surface area contributed by atoms with Crippen LogP contribution < -0.4 is 15.4 Å². The van der Waals surface area contributed by atoms with Gasteiger partial charge in [-0.05, 0) is 48.0 Å². The second-order valence-electron chi connectivity index (χ2n) is 6.97. The Morgan fingerprint density at radius 1 is 1.00 bits per heavy atom. The third-order valence-corrected chi connectivity index (χ3v) is 5.21. The van der Waals surface area contributed by atoms with Crippen LogP contribution in [0.2, 0.25) is 5.02 Å². The first kappa shape index (κ1) is 23.5. The van der Waals surface area contributed by atoms with Crippen LogP contribution in [0.25, 0.3) is 0 Å². The van der Waals surface area contributed by atoms with Crippen LogP contribution in [0.15, 0.2) is 77.3 Å². The molecular formula is C24H20BrClN2O4. The highest BCUT2D eigenvalue weighted by atomic mass is 79.9. The summed E-state index contributed by atoms with van der Waals surface area (Å²) in [4.78, 5) is 37.4. The number of carbonyl (C=O) groups excluding carboxylic acids is 3. The Balaban J connectivity index is 1.81. The maximum absolute atomic E-state index is 12.9. The first-order chi connectivity index (χ1) is 15.3. The van der Waals surface area contributed by atoms with Crippen molar-refractivity contribution in [2.24, 2.45) is 0 Å². The molecule has 164 valence electrons. The summed E-state index contributed by atoms with van der Waals surface area (Å²) in [5.41, 5.74) is 1.51. The number of benzene rings is 3. The fourth-order valence-electron chi connectivity index (χ4n) is 2.97. The van der Waals surface area contributed by atoms with Crippen LogP contribution in [0, 0.1) is 0 Å². The summed E-state index contributed by atoms with van der Waals surface area (Å²) in [6, 6.07) is 19.7. The zero-order valence-electron chi connectivity index (χ0n) is 17.1. The number of esters is 1. The molecule has 0 bridgehead atoms. The zero-order chi connectivity index (χ0) is 23.1. The SMILES string of the molecule is CC(=O)N[C@@H](Cc1ccccc1)C(=O)Oc1ccc(Cl)cc1C(=O)Nc1ccc(Br)cc1. The van der Waals surface area contributed by atoms with E-state index in [1.54, 1.807) is 24.3 Å². The van der Waals surface area contributed by atoms with E-state index in [1.165, 1.54) is 25.1 Å². The maximum Gasteiger partial charge on any atom is 0.334 e.